The topological polar surface area (TPSA) is 64.6 Å². The molecule has 1 unspecified atom stereocenters. The van der Waals surface area contributed by atoms with Crippen LogP contribution in [0.3, 0.4) is 0 Å². The molecule has 2 rings (SSSR count). The Morgan fingerprint density at radius 1 is 1.00 bits per heavy atom. The average molecular weight is 363 g/mol. The van der Waals surface area contributed by atoms with E-state index in [0.29, 0.717) is 11.3 Å². The molecular weight excluding hydrogens is 338 g/mol. The molecule has 1 N–H and O–H groups in total. The number of methoxy groups -OCH3 is 1. The first-order valence-corrected chi connectivity index (χ1v) is 9.59. The Kier molecular flexibility index (Phi) is 6.08. The van der Waals surface area contributed by atoms with Gasteiger partial charge in [0.05, 0.1) is 18.0 Å². The maximum Gasteiger partial charge on any atom is 0.241 e. The minimum absolute atomic E-state index is 0.248. The van der Waals surface area contributed by atoms with Crippen LogP contribution in [0.4, 0.5) is 0 Å². The summed E-state index contributed by atoms with van der Waals surface area (Å²) < 4.78 is 39.0. The number of hydrogen-bond donors (Lipinski definition) is 1. The third kappa shape index (κ3) is 4.74. The Morgan fingerprint density at radius 3 is 2.32 bits per heavy atom. The van der Waals surface area contributed by atoms with Crippen molar-refractivity contribution < 1.29 is 17.9 Å². The zero-order valence-electron chi connectivity index (χ0n) is 15.3. The molecule has 0 aliphatic rings. The number of hydrogen-bond acceptors (Lipinski definition) is 4. The third-order valence-electron chi connectivity index (χ3n) is 3.92. The summed E-state index contributed by atoms with van der Waals surface area (Å²) in [6.45, 7) is 7.56. The molecular formula is C19H25NO4S. The van der Waals surface area contributed by atoms with Gasteiger partial charge < -0.3 is 9.47 Å². The van der Waals surface area contributed by atoms with Crippen molar-refractivity contribution in [3.63, 3.8) is 0 Å². The molecule has 25 heavy (non-hydrogen) atoms. The average Bonchev–Trinajstić information content (AvgIpc) is 2.55. The molecule has 0 amide bonds. The Morgan fingerprint density at radius 2 is 1.68 bits per heavy atom. The summed E-state index contributed by atoms with van der Waals surface area (Å²) in [7, 11) is -2.07. The van der Waals surface area contributed by atoms with E-state index < -0.39 is 10.0 Å². The Labute approximate surface area is 150 Å². The predicted octanol–water partition coefficient (Wildman–Crippen LogP) is 3.37. The molecule has 0 saturated heterocycles. The smallest absolute Gasteiger partial charge is 0.241 e. The van der Waals surface area contributed by atoms with Crippen LogP contribution in [0.2, 0.25) is 0 Å². The van der Waals surface area contributed by atoms with Crippen LogP contribution >= 0.6 is 0 Å². The summed E-state index contributed by atoms with van der Waals surface area (Å²) in [5.74, 6) is 1.43. The predicted molar refractivity (Wildman–Crippen MR) is 98.9 cm³/mol. The summed E-state index contributed by atoms with van der Waals surface area (Å²) >= 11 is 0. The van der Waals surface area contributed by atoms with Crippen LogP contribution in [0.1, 0.15) is 23.6 Å². The van der Waals surface area contributed by atoms with E-state index in [1.165, 1.54) is 0 Å². The lowest BCUT2D eigenvalue weighted by molar-refractivity contribution is 0.285. The molecule has 0 spiro atoms. The van der Waals surface area contributed by atoms with Crippen LogP contribution in [-0.4, -0.2) is 28.2 Å². The van der Waals surface area contributed by atoms with E-state index in [4.69, 9.17) is 9.47 Å². The minimum atomic E-state index is -3.64. The van der Waals surface area contributed by atoms with Gasteiger partial charge >= 0.3 is 0 Å². The van der Waals surface area contributed by atoms with Gasteiger partial charge in [0.15, 0.2) is 0 Å². The van der Waals surface area contributed by atoms with Gasteiger partial charge in [-0.1, -0.05) is 18.2 Å². The highest BCUT2D eigenvalue weighted by atomic mass is 32.2. The summed E-state index contributed by atoms with van der Waals surface area (Å²) in [4.78, 5) is 0.258. The van der Waals surface area contributed by atoms with Gasteiger partial charge in [-0.25, -0.2) is 13.1 Å². The van der Waals surface area contributed by atoms with E-state index >= 15 is 0 Å². The van der Waals surface area contributed by atoms with Crippen LogP contribution in [-0.2, 0) is 10.0 Å². The lowest BCUT2D eigenvalue weighted by Crippen LogP contribution is -2.37. The summed E-state index contributed by atoms with van der Waals surface area (Å²) in [5, 5.41) is 0. The molecule has 136 valence electrons. The van der Waals surface area contributed by atoms with Crippen molar-refractivity contribution in [2.45, 2.75) is 38.6 Å². The highest BCUT2D eigenvalue weighted by Crippen LogP contribution is 2.25. The second-order valence-corrected chi connectivity index (χ2v) is 7.87. The highest BCUT2D eigenvalue weighted by Gasteiger charge is 2.21. The van der Waals surface area contributed by atoms with Crippen molar-refractivity contribution in [2.24, 2.45) is 0 Å². The van der Waals surface area contributed by atoms with Crippen LogP contribution < -0.4 is 14.2 Å². The first-order chi connectivity index (χ1) is 11.7. The fourth-order valence-corrected chi connectivity index (χ4v) is 4.11. The molecule has 0 saturated carbocycles. The molecule has 6 heteroatoms. The summed E-state index contributed by atoms with van der Waals surface area (Å²) in [6.07, 6.45) is 0. The number of rotatable bonds is 7. The minimum Gasteiger partial charge on any atom is -0.496 e. The van der Waals surface area contributed by atoms with Crippen LogP contribution in [0, 0.1) is 20.8 Å². The molecule has 2 aromatic carbocycles. The van der Waals surface area contributed by atoms with Gasteiger partial charge in [-0.05, 0) is 62.6 Å². The number of aryl methyl sites for hydroxylation is 3. The molecule has 0 bridgehead atoms. The Hall–Kier alpha value is -2.05. The van der Waals surface area contributed by atoms with Gasteiger partial charge in [-0.15, -0.1) is 0 Å². The standard InChI is InChI=1S/C19H25NO4S/c1-13-8-6-7-9-17(13)24-12-16(4)20-25(21,22)19-11-14(2)18(23-5)10-15(19)3/h6-11,16,20H,12H2,1-5H3. The van der Waals surface area contributed by atoms with Crippen molar-refractivity contribution in [1.29, 1.82) is 0 Å². The number of para-hydroxylation sites is 1. The van der Waals surface area contributed by atoms with Gasteiger partial charge in [0.2, 0.25) is 10.0 Å². The molecule has 5 nitrogen and oxygen atoms in total. The number of ether oxygens (including phenoxy) is 2. The van der Waals surface area contributed by atoms with Crippen molar-refractivity contribution >= 4 is 10.0 Å². The second kappa shape index (κ2) is 7.89. The van der Waals surface area contributed by atoms with Gasteiger partial charge in [0, 0.05) is 0 Å². The lowest BCUT2D eigenvalue weighted by Gasteiger charge is -2.18. The summed E-state index contributed by atoms with van der Waals surface area (Å²) in [5.41, 5.74) is 2.43. The molecule has 0 aliphatic heterocycles. The van der Waals surface area contributed by atoms with E-state index in [1.54, 1.807) is 33.1 Å². The molecule has 1 atom stereocenters. The van der Waals surface area contributed by atoms with Gasteiger partial charge in [-0.2, -0.15) is 0 Å². The fourth-order valence-electron chi connectivity index (χ4n) is 2.57. The Bertz CT molecular complexity index is 846. The third-order valence-corrected chi connectivity index (χ3v) is 5.65. The van der Waals surface area contributed by atoms with Gasteiger partial charge in [0.1, 0.15) is 18.1 Å². The number of benzene rings is 2. The zero-order chi connectivity index (χ0) is 18.6. The Balaban J connectivity index is 2.10. The van der Waals surface area contributed by atoms with Crippen LogP contribution in [0.15, 0.2) is 41.3 Å². The van der Waals surface area contributed by atoms with Crippen LogP contribution in [0.25, 0.3) is 0 Å². The second-order valence-electron chi connectivity index (χ2n) is 6.19. The fraction of sp³-hybridized carbons (Fsp3) is 0.368. The first kappa shape index (κ1) is 19.3. The van der Waals surface area contributed by atoms with Gasteiger partial charge in [-0.3, -0.25) is 0 Å². The quantitative estimate of drug-likeness (QED) is 0.819. The van der Waals surface area contributed by atoms with Crippen molar-refractivity contribution in [2.75, 3.05) is 13.7 Å². The van der Waals surface area contributed by atoms with E-state index in [9.17, 15) is 8.42 Å². The maximum atomic E-state index is 12.7. The largest absolute Gasteiger partial charge is 0.496 e. The SMILES string of the molecule is COc1cc(C)c(S(=O)(=O)NC(C)COc2ccccc2C)cc1C. The van der Waals surface area contributed by atoms with Crippen molar-refractivity contribution in [3.05, 3.63) is 53.1 Å². The van der Waals surface area contributed by atoms with Crippen LogP contribution in [0.5, 0.6) is 11.5 Å². The highest BCUT2D eigenvalue weighted by molar-refractivity contribution is 7.89. The maximum absolute atomic E-state index is 12.7. The summed E-state index contributed by atoms with van der Waals surface area (Å²) in [6, 6.07) is 10.6. The molecule has 0 radical (unpaired) electrons. The number of nitrogens with one attached hydrogen (secondary N) is 1. The molecule has 0 heterocycles. The first-order valence-electron chi connectivity index (χ1n) is 8.10. The van der Waals surface area contributed by atoms with Crippen molar-refractivity contribution in [3.8, 4) is 11.5 Å². The molecule has 0 aromatic heterocycles. The van der Waals surface area contributed by atoms with Gasteiger partial charge in [0.25, 0.3) is 0 Å². The molecule has 0 aliphatic carbocycles. The normalized spacial score (nSPS) is 12.7. The van der Waals surface area contributed by atoms with E-state index in [1.807, 2.05) is 38.1 Å². The van der Waals surface area contributed by atoms with E-state index in [2.05, 4.69) is 4.72 Å². The van der Waals surface area contributed by atoms with E-state index in [-0.39, 0.29) is 17.5 Å². The number of sulfonamides is 1. The zero-order valence-corrected chi connectivity index (χ0v) is 16.1. The van der Waals surface area contributed by atoms with E-state index in [0.717, 1.165) is 16.9 Å². The monoisotopic (exact) mass is 363 g/mol. The molecule has 0 fully saturated rings. The van der Waals surface area contributed by atoms with Crippen molar-refractivity contribution in [1.82, 2.24) is 4.72 Å². The molecule has 2 aromatic rings. The lowest BCUT2D eigenvalue weighted by atomic mass is 10.1.